The summed E-state index contributed by atoms with van der Waals surface area (Å²) in [5.41, 5.74) is 1.99. The molecule has 1 amide bonds. The number of para-hydroxylation sites is 1. The van der Waals surface area contributed by atoms with E-state index < -0.39 is 30.8 Å². The Kier molecular flexibility index (Phi) is 5.31. The lowest BCUT2D eigenvalue weighted by atomic mass is 10.1. The van der Waals surface area contributed by atoms with E-state index in [0.29, 0.717) is 6.42 Å². The molecule has 1 aromatic carbocycles. The normalized spacial score (nSPS) is 12.5. The number of nitrogens with one attached hydrogen (secondary N) is 1. The van der Waals surface area contributed by atoms with Gasteiger partial charge in [0.1, 0.15) is 6.04 Å². The maximum atomic E-state index is 12.3. The van der Waals surface area contributed by atoms with Crippen molar-refractivity contribution < 1.29 is 23.5 Å². The number of benzene rings is 1. The Morgan fingerprint density at radius 3 is 2.65 bits per heavy atom. The number of fused-ring (bicyclic) bond motifs is 1. The van der Waals surface area contributed by atoms with Crippen LogP contribution >= 0.6 is 0 Å². The molecule has 0 spiro atoms. The second-order valence-corrected chi connectivity index (χ2v) is 5.37. The smallest absolute Gasteiger partial charge is 0.326 e. The van der Waals surface area contributed by atoms with Crippen LogP contribution in [0.25, 0.3) is 10.9 Å². The van der Waals surface area contributed by atoms with E-state index in [9.17, 15) is 18.4 Å². The summed E-state index contributed by atoms with van der Waals surface area (Å²) in [7, 11) is 1.90. The van der Waals surface area contributed by atoms with Crippen LogP contribution < -0.4 is 5.32 Å². The number of halogens is 2. The number of aryl methyl sites for hydroxylation is 2. The number of rotatable bonds is 7. The van der Waals surface area contributed by atoms with Crippen molar-refractivity contribution in [1.82, 2.24) is 9.88 Å². The lowest BCUT2D eigenvalue weighted by molar-refractivity contribution is -0.143. The number of nitrogens with zero attached hydrogens (tertiary/aromatic N) is 1. The molecule has 7 heteroatoms. The Morgan fingerprint density at radius 2 is 2.00 bits per heavy atom. The monoisotopic (exact) mass is 324 g/mol. The lowest BCUT2D eigenvalue weighted by Crippen LogP contribution is -2.42. The summed E-state index contributed by atoms with van der Waals surface area (Å²) in [6.45, 7) is 0. The van der Waals surface area contributed by atoms with Gasteiger partial charge in [0.25, 0.3) is 0 Å². The molecule has 0 fully saturated rings. The van der Waals surface area contributed by atoms with Crippen molar-refractivity contribution in [3.8, 4) is 0 Å². The highest BCUT2D eigenvalue weighted by Crippen LogP contribution is 2.21. The fraction of sp³-hybridized carbons (Fsp3) is 0.375. The topological polar surface area (TPSA) is 71.3 Å². The number of aromatic nitrogens is 1. The molecule has 5 nitrogen and oxygen atoms in total. The van der Waals surface area contributed by atoms with Gasteiger partial charge < -0.3 is 15.0 Å². The quantitative estimate of drug-likeness (QED) is 0.821. The number of alkyl halides is 2. The summed E-state index contributed by atoms with van der Waals surface area (Å²) in [6.07, 6.45) is -1.31. The largest absolute Gasteiger partial charge is 0.480 e. The molecule has 0 radical (unpaired) electrons. The second-order valence-electron chi connectivity index (χ2n) is 5.37. The number of hydrogen-bond donors (Lipinski definition) is 2. The van der Waals surface area contributed by atoms with Crippen LogP contribution in [0.4, 0.5) is 8.78 Å². The molecular formula is C16H18F2N2O3. The molecule has 2 aromatic rings. The number of hydrogen-bond acceptors (Lipinski definition) is 2. The van der Waals surface area contributed by atoms with Gasteiger partial charge in [-0.15, -0.1) is 0 Å². The third kappa shape index (κ3) is 4.28. The molecule has 1 aromatic heterocycles. The molecule has 124 valence electrons. The molecule has 23 heavy (non-hydrogen) atoms. The van der Waals surface area contributed by atoms with Crippen molar-refractivity contribution in [3.63, 3.8) is 0 Å². The first-order valence-corrected chi connectivity index (χ1v) is 7.21. The summed E-state index contributed by atoms with van der Waals surface area (Å²) < 4.78 is 26.6. The SMILES string of the molecule is Cn1cc(CCC(=O)NC(CC(F)F)C(=O)O)c2ccccc21. The van der Waals surface area contributed by atoms with Gasteiger partial charge in [-0.05, 0) is 18.1 Å². The first kappa shape index (κ1) is 16.9. The van der Waals surface area contributed by atoms with Gasteiger partial charge in [0, 0.05) is 37.0 Å². The van der Waals surface area contributed by atoms with Gasteiger partial charge in [-0.25, -0.2) is 13.6 Å². The number of carboxylic acid groups (broad SMARTS) is 1. The standard InChI is InChI=1S/C16H18F2N2O3/c1-20-9-10(11-4-2-3-5-13(11)20)6-7-15(21)19-12(16(22)23)8-14(17)18/h2-5,9,12,14H,6-8H2,1H3,(H,19,21)(H,22,23). The number of carbonyl (C=O) groups excluding carboxylic acids is 1. The van der Waals surface area contributed by atoms with Crippen molar-refractivity contribution in [2.24, 2.45) is 7.05 Å². The van der Waals surface area contributed by atoms with Crippen LogP contribution in [-0.4, -0.2) is 34.0 Å². The van der Waals surface area contributed by atoms with Gasteiger partial charge >= 0.3 is 5.97 Å². The molecule has 1 heterocycles. The van der Waals surface area contributed by atoms with E-state index in [1.807, 2.05) is 42.1 Å². The highest BCUT2D eigenvalue weighted by molar-refractivity contribution is 5.86. The van der Waals surface area contributed by atoms with E-state index >= 15 is 0 Å². The highest BCUT2D eigenvalue weighted by Gasteiger charge is 2.24. The zero-order chi connectivity index (χ0) is 17.0. The van der Waals surface area contributed by atoms with Gasteiger partial charge in [-0.3, -0.25) is 4.79 Å². The Balaban J connectivity index is 1.99. The lowest BCUT2D eigenvalue weighted by Gasteiger charge is -2.13. The average molecular weight is 324 g/mol. The third-order valence-corrected chi connectivity index (χ3v) is 3.65. The van der Waals surface area contributed by atoms with Crippen molar-refractivity contribution >= 4 is 22.8 Å². The molecule has 0 aliphatic rings. The van der Waals surface area contributed by atoms with E-state index in [1.165, 1.54) is 0 Å². The average Bonchev–Trinajstić information content (AvgIpc) is 2.81. The van der Waals surface area contributed by atoms with Gasteiger partial charge in [0.2, 0.25) is 12.3 Å². The summed E-state index contributed by atoms with van der Waals surface area (Å²) in [4.78, 5) is 22.7. The van der Waals surface area contributed by atoms with Crippen LogP contribution in [0, 0.1) is 0 Å². The fourth-order valence-corrected chi connectivity index (χ4v) is 2.54. The number of carbonyl (C=O) groups is 2. The molecule has 1 atom stereocenters. The minimum atomic E-state index is -2.78. The van der Waals surface area contributed by atoms with Gasteiger partial charge in [0.15, 0.2) is 0 Å². The maximum Gasteiger partial charge on any atom is 0.326 e. The van der Waals surface area contributed by atoms with Crippen molar-refractivity contribution in [2.75, 3.05) is 0 Å². The zero-order valence-electron chi connectivity index (χ0n) is 12.6. The first-order valence-electron chi connectivity index (χ1n) is 7.21. The molecule has 0 bridgehead atoms. The number of carboxylic acids is 1. The van der Waals surface area contributed by atoms with Crippen LogP contribution in [0.2, 0.25) is 0 Å². The second kappa shape index (κ2) is 7.21. The van der Waals surface area contributed by atoms with Crippen molar-refractivity contribution in [3.05, 3.63) is 36.0 Å². The van der Waals surface area contributed by atoms with Gasteiger partial charge in [0.05, 0.1) is 0 Å². The molecule has 0 aliphatic carbocycles. The summed E-state index contributed by atoms with van der Waals surface area (Å²) in [5, 5.41) is 12.0. The highest BCUT2D eigenvalue weighted by atomic mass is 19.3. The molecule has 2 N–H and O–H groups in total. The summed E-state index contributed by atoms with van der Waals surface area (Å²) >= 11 is 0. The minimum absolute atomic E-state index is 0.0427. The third-order valence-electron chi connectivity index (χ3n) is 3.65. The molecule has 0 saturated heterocycles. The van der Waals surface area contributed by atoms with E-state index in [1.54, 1.807) is 0 Å². The van der Waals surface area contributed by atoms with Crippen LogP contribution in [0.15, 0.2) is 30.5 Å². The molecule has 2 rings (SSSR count). The zero-order valence-corrected chi connectivity index (χ0v) is 12.6. The van der Waals surface area contributed by atoms with Crippen LogP contribution in [0.5, 0.6) is 0 Å². The van der Waals surface area contributed by atoms with Crippen LogP contribution in [0.3, 0.4) is 0 Å². The van der Waals surface area contributed by atoms with Crippen LogP contribution in [-0.2, 0) is 23.1 Å². The Bertz CT molecular complexity index is 712. The Hall–Kier alpha value is -2.44. The van der Waals surface area contributed by atoms with Crippen LogP contribution in [0.1, 0.15) is 18.4 Å². The van der Waals surface area contributed by atoms with Crippen molar-refractivity contribution in [1.29, 1.82) is 0 Å². The predicted octanol–water partition coefficient (Wildman–Crippen LogP) is 2.34. The fourth-order valence-electron chi connectivity index (χ4n) is 2.54. The molecule has 0 saturated carbocycles. The van der Waals surface area contributed by atoms with Gasteiger partial charge in [-0.1, -0.05) is 18.2 Å². The molecular weight excluding hydrogens is 306 g/mol. The molecule has 1 unspecified atom stereocenters. The van der Waals surface area contributed by atoms with E-state index in [-0.39, 0.29) is 6.42 Å². The molecule has 0 aliphatic heterocycles. The summed E-state index contributed by atoms with van der Waals surface area (Å²) in [5.74, 6) is -2.00. The Morgan fingerprint density at radius 1 is 1.30 bits per heavy atom. The van der Waals surface area contributed by atoms with E-state index in [0.717, 1.165) is 16.5 Å². The van der Waals surface area contributed by atoms with E-state index in [4.69, 9.17) is 5.11 Å². The number of aliphatic carboxylic acids is 1. The number of amides is 1. The maximum absolute atomic E-state index is 12.3. The minimum Gasteiger partial charge on any atom is -0.480 e. The van der Waals surface area contributed by atoms with Crippen molar-refractivity contribution in [2.45, 2.75) is 31.7 Å². The Labute approximate surface area is 131 Å². The predicted molar refractivity (Wildman–Crippen MR) is 81.4 cm³/mol. The van der Waals surface area contributed by atoms with Gasteiger partial charge in [-0.2, -0.15) is 0 Å². The van der Waals surface area contributed by atoms with E-state index in [2.05, 4.69) is 5.32 Å². The summed E-state index contributed by atoms with van der Waals surface area (Å²) in [6, 6.07) is 6.16. The first-order chi connectivity index (χ1) is 10.9.